The van der Waals surface area contributed by atoms with E-state index in [1.807, 2.05) is 18.2 Å². The number of aromatic nitrogens is 1. The highest BCUT2D eigenvalue weighted by atomic mass is 19.1. The maximum absolute atomic E-state index is 13.7. The van der Waals surface area contributed by atoms with Gasteiger partial charge >= 0.3 is 5.63 Å². The largest absolute Gasteiger partial charge is 0.422 e. The lowest BCUT2D eigenvalue weighted by Gasteiger charge is -2.10. The van der Waals surface area contributed by atoms with E-state index in [9.17, 15) is 14.4 Å². The second-order valence-electron chi connectivity index (χ2n) is 5.92. The van der Waals surface area contributed by atoms with Crippen LogP contribution in [0.5, 0.6) is 0 Å². The summed E-state index contributed by atoms with van der Waals surface area (Å²) in [5.74, 6) is -0.486. The summed E-state index contributed by atoms with van der Waals surface area (Å²) >= 11 is 0. The number of hydrogen-bond acceptors (Lipinski definition) is 5. The number of benzene rings is 2. The minimum Gasteiger partial charge on any atom is -0.422 e. The number of rotatable bonds is 2. The Labute approximate surface area is 153 Å². The normalized spacial score (nSPS) is 10.7. The van der Waals surface area contributed by atoms with Crippen LogP contribution in [-0.2, 0) is 0 Å². The average molecular weight is 357 g/mol. The zero-order valence-corrected chi connectivity index (χ0v) is 13.9. The maximum atomic E-state index is 13.7. The molecule has 0 unspecified atom stereocenters. The molecule has 0 amide bonds. The number of fused-ring (bicyclic) bond motifs is 1. The predicted molar refractivity (Wildman–Crippen MR) is 100 cm³/mol. The van der Waals surface area contributed by atoms with Crippen LogP contribution in [0.4, 0.5) is 10.2 Å². The van der Waals surface area contributed by atoms with E-state index in [1.54, 1.807) is 30.3 Å². The summed E-state index contributed by atoms with van der Waals surface area (Å²) in [5.41, 5.74) is 7.28. The van der Waals surface area contributed by atoms with Gasteiger partial charge in [-0.1, -0.05) is 30.3 Å². The third kappa shape index (κ3) is 2.92. The summed E-state index contributed by atoms with van der Waals surface area (Å²) < 4.78 is 19.0. The van der Waals surface area contributed by atoms with Crippen molar-refractivity contribution in [1.29, 1.82) is 5.26 Å². The third-order valence-electron chi connectivity index (χ3n) is 4.21. The Bertz CT molecular complexity index is 1290. The molecule has 6 heteroatoms. The molecule has 2 heterocycles. The highest BCUT2D eigenvalue weighted by molar-refractivity contribution is 5.84. The van der Waals surface area contributed by atoms with Crippen molar-refractivity contribution in [2.24, 2.45) is 0 Å². The molecule has 0 fully saturated rings. The van der Waals surface area contributed by atoms with Crippen molar-refractivity contribution < 1.29 is 8.81 Å². The topological polar surface area (TPSA) is 92.9 Å². The van der Waals surface area contributed by atoms with Gasteiger partial charge in [0.05, 0.1) is 11.3 Å². The molecule has 4 rings (SSSR count). The molecule has 0 atom stereocenters. The molecule has 0 saturated heterocycles. The van der Waals surface area contributed by atoms with Crippen molar-refractivity contribution in [3.63, 3.8) is 0 Å². The molecule has 0 bridgehead atoms. The van der Waals surface area contributed by atoms with Crippen LogP contribution in [0, 0.1) is 17.1 Å². The SMILES string of the molecule is N#Cc1c(-c2cccc(F)c2)cc(-c2cc3ccccc3oc2=O)nc1N. The first-order valence-electron chi connectivity index (χ1n) is 8.06. The van der Waals surface area contributed by atoms with E-state index >= 15 is 0 Å². The number of halogens is 1. The van der Waals surface area contributed by atoms with Crippen LogP contribution in [0.3, 0.4) is 0 Å². The van der Waals surface area contributed by atoms with Crippen molar-refractivity contribution in [2.75, 3.05) is 5.73 Å². The summed E-state index contributed by atoms with van der Waals surface area (Å²) in [7, 11) is 0. The van der Waals surface area contributed by atoms with Crippen molar-refractivity contribution in [2.45, 2.75) is 0 Å². The van der Waals surface area contributed by atoms with E-state index in [4.69, 9.17) is 10.2 Å². The van der Waals surface area contributed by atoms with E-state index in [1.165, 1.54) is 18.2 Å². The van der Waals surface area contributed by atoms with Gasteiger partial charge in [0.1, 0.15) is 28.9 Å². The number of anilines is 1. The summed E-state index contributed by atoms with van der Waals surface area (Å²) in [6, 6.07) is 18.1. The van der Waals surface area contributed by atoms with Crippen LogP contribution in [0.25, 0.3) is 33.4 Å². The monoisotopic (exact) mass is 357 g/mol. The first kappa shape index (κ1) is 16.5. The molecule has 0 saturated carbocycles. The molecular formula is C21H12FN3O2. The first-order valence-corrected chi connectivity index (χ1v) is 8.06. The smallest absolute Gasteiger partial charge is 0.345 e. The molecule has 0 aliphatic rings. The van der Waals surface area contributed by atoms with Gasteiger partial charge in [0.15, 0.2) is 0 Å². The van der Waals surface area contributed by atoms with Gasteiger partial charge in [0, 0.05) is 10.9 Å². The lowest BCUT2D eigenvalue weighted by molar-refractivity contribution is 0.563. The summed E-state index contributed by atoms with van der Waals surface area (Å²) in [6.45, 7) is 0. The zero-order valence-electron chi connectivity index (χ0n) is 13.9. The lowest BCUT2D eigenvalue weighted by Crippen LogP contribution is -2.06. The van der Waals surface area contributed by atoms with Crippen molar-refractivity contribution in [1.82, 2.24) is 4.98 Å². The van der Waals surface area contributed by atoms with Crippen molar-refractivity contribution in [3.8, 4) is 28.5 Å². The highest BCUT2D eigenvalue weighted by Gasteiger charge is 2.16. The standard InChI is InChI=1S/C21H12FN3O2/c22-14-6-3-5-12(8-14)15-10-18(25-20(24)17(15)11-23)16-9-13-4-1-2-7-19(13)27-21(16)26/h1-10H,(H2,24,25). The fourth-order valence-electron chi connectivity index (χ4n) is 2.94. The number of hydrogen-bond donors (Lipinski definition) is 1. The van der Waals surface area contributed by atoms with Crippen LogP contribution in [0.15, 0.2) is 69.9 Å². The zero-order chi connectivity index (χ0) is 19.0. The highest BCUT2D eigenvalue weighted by Crippen LogP contribution is 2.31. The van der Waals surface area contributed by atoms with Gasteiger partial charge in [-0.05, 0) is 35.9 Å². The van der Waals surface area contributed by atoms with E-state index in [0.717, 1.165) is 5.39 Å². The average Bonchev–Trinajstić information content (AvgIpc) is 2.66. The van der Waals surface area contributed by atoms with Gasteiger partial charge in [0.25, 0.3) is 0 Å². The number of nitrogen functional groups attached to an aromatic ring is 1. The Morgan fingerprint density at radius 3 is 2.63 bits per heavy atom. The first-order chi connectivity index (χ1) is 13.1. The summed E-state index contributed by atoms with van der Waals surface area (Å²) in [4.78, 5) is 16.6. The third-order valence-corrected chi connectivity index (χ3v) is 4.21. The molecule has 2 aromatic carbocycles. The Balaban J connectivity index is 1.99. The van der Waals surface area contributed by atoms with Crippen LogP contribution in [0.2, 0.25) is 0 Å². The van der Waals surface area contributed by atoms with Gasteiger partial charge in [-0.2, -0.15) is 5.26 Å². The number of pyridine rings is 1. The molecule has 27 heavy (non-hydrogen) atoms. The van der Waals surface area contributed by atoms with Crippen LogP contribution in [-0.4, -0.2) is 4.98 Å². The summed E-state index contributed by atoms with van der Waals surface area (Å²) in [5, 5.41) is 10.2. The number of para-hydroxylation sites is 1. The Kier molecular flexibility index (Phi) is 3.90. The van der Waals surface area contributed by atoms with Crippen molar-refractivity contribution in [3.05, 3.63) is 82.5 Å². The fourth-order valence-corrected chi connectivity index (χ4v) is 2.94. The number of nitriles is 1. The molecule has 0 aliphatic carbocycles. The molecular weight excluding hydrogens is 345 g/mol. The van der Waals surface area contributed by atoms with E-state index < -0.39 is 11.4 Å². The van der Waals surface area contributed by atoms with Gasteiger partial charge in [-0.15, -0.1) is 0 Å². The van der Waals surface area contributed by atoms with E-state index in [2.05, 4.69) is 4.98 Å². The molecule has 2 aromatic heterocycles. The second kappa shape index (κ2) is 6.39. The molecule has 130 valence electrons. The molecule has 4 aromatic rings. The quantitative estimate of drug-likeness (QED) is 0.545. The lowest BCUT2D eigenvalue weighted by atomic mass is 9.98. The molecule has 5 nitrogen and oxygen atoms in total. The fraction of sp³-hybridized carbons (Fsp3) is 0. The second-order valence-corrected chi connectivity index (χ2v) is 5.92. The maximum Gasteiger partial charge on any atom is 0.345 e. The van der Waals surface area contributed by atoms with Gasteiger partial charge < -0.3 is 10.2 Å². The van der Waals surface area contributed by atoms with Crippen LogP contribution < -0.4 is 11.4 Å². The minimum absolute atomic E-state index is 0.0400. The minimum atomic E-state index is -0.574. The molecule has 0 radical (unpaired) electrons. The van der Waals surface area contributed by atoms with E-state index in [-0.39, 0.29) is 22.6 Å². The van der Waals surface area contributed by atoms with E-state index in [0.29, 0.717) is 16.7 Å². The van der Waals surface area contributed by atoms with Crippen molar-refractivity contribution >= 4 is 16.8 Å². The Hall–Kier alpha value is -3.98. The van der Waals surface area contributed by atoms with Gasteiger partial charge in [0.2, 0.25) is 0 Å². The van der Waals surface area contributed by atoms with Crippen LogP contribution >= 0.6 is 0 Å². The van der Waals surface area contributed by atoms with Crippen LogP contribution in [0.1, 0.15) is 5.56 Å². The molecule has 0 spiro atoms. The Morgan fingerprint density at radius 2 is 1.85 bits per heavy atom. The van der Waals surface area contributed by atoms with Gasteiger partial charge in [-0.3, -0.25) is 0 Å². The number of nitrogens with zero attached hydrogens (tertiary/aromatic N) is 2. The Morgan fingerprint density at radius 1 is 1.04 bits per heavy atom. The summed E-state index contributed by atoms with van der Waals surface area (Å²) in [6.07, 6.45) is 0. The predicted octanol–water partition coefficient (Wildman–Crippen LogP) is 4.11. The molecule has 0 aliphatic heterocycles. The molecule has 2 N–H and O–H groups in total. The van der Waals surface area contributed by atoms with Gasteiger partial charge in [-0.25, -0.2) is 14.2 Å². The number of nitrogens with two attached hydrogens (primary N) is 1.